The van der Waals surface area contributed by atoms with Crippen LogP contribution in [0, 0.1) is 0 Å². The summed E-state index contributed by atoms with van der Waals surface area (Å²) >= 11 is 2.30. The lowest BCUT2D eigenvalue weighted by Crippen LogP contribution is -1.96. The molecule has 0 fully saturated rings. The summed E-state index contributed by atoms with van der Waals surface area (Å²) in [5.41, 5.74) is 4.07. The minimum Gasteiger partial charge on any atom is -0.481 e. The Morgan fingerprint density at radius 2 is 1.60 bits per heavy atom. The highest BCUT2D eigenvalue weighted by Gasteiger charge is 2.01. The van der Waals surface area contributed by atoms with E-state index in [2.05, 4.69) is 61.6 Å². The Kier molecular flexibility index (Phi) is 11.8. The zero-order valence-corrected chi connectivity index (χ0v) is 15.1. The van der Waals surface area contributed by atoms with Gasteiger partial charge in [-0.25, -0.2) is 0 Å². The first kappa shape index (κ1) is 19.4. The quantitative estimate of drug-likeness (QED) is 0.296. The lowest BCUT2D eigenvalue weighted by atomic mass is 10.0. The standard InChI is InChI=1S/C17H27IO2/c1-14(2)6-4-7-15(3)8-5-9-16(12-13-18)10-11-17(19)20/h6,8,12H,4-5,7,9-11,13H2,1-3H3,(H,19,20)/b15-8+,16-12-. The number of rotatable bonds is 10. The number of carboxylic acids is 1. The molecule has 2 nitrogen and oxygen atoms in total. The van der Waals surface area contributed by atoms with Crippen LogP contribution in [0.25, 0.3) is 0 Å². The van der Waals surface area contributed by atoms with Gasteiger partial charge in [0.15, 0.2) is 0 Å². The number of allylic oxidation sites excluding steroid dienone is 6. The Hall–Kier alpha value is -0.580. The number of carbonyl (C=O) groups is 1. The lowest BCUT2D eigenvalue weighted by Gasteiger charge is -2.05. The first-order chi connectivity index (χ1) is 9.45. The van der Waals surface area contributed by atoms with Crippen molar-refractivity contribution in [2.75, 3.05) is 4.43 Å². The molecule has 3 heteroatoms. The molecule has 0 spiro atoms. The summed E-state index contributed by atoms with van der Waals surface area (Å²) in [5.74, 6) is -0.710. The summed E-state index contributed by atoms with van der Waals surface area (Å²) in [6.07, 6.45) is 11.9. The Morgan fingerprint density at radius 1 is 0.950 bits per heavy atom. The SMILES string of the molecule is CC(C)=CCC/C(C)=C/CC/C(=C/CI)CCC(=O)O. The van der Waals surface area contributed by atoms with E-state index in [0.717, 1.165) is 30.1 Å². The number of aliphatic carboxylic acids is 1. The highest BCUT2D eigenvalue weighted by molar-refractivity contribution is 14.1. The molecule has 0 aliphatic carbocycles. The topological polar surface area (TPSA) is 37.3 Å². The number of halogens is 1. The number of carboxylic acid groups (broad SMARTS) is 1. The molecule has 0 rings (SSSR count). The van der Waals surface area contributed by atoms with Crippen molar-refractivity contribution in [3.05, 3.63) is 34.9 Å². The Balaban J connectivity index is 4.11. The van der Waals surface area contributed by atoms with E-state index in [0.29, 0.717) is 6.42 Å². The van der Waals surface area contributed by atoms with Gasteiger partial charge in [0.2, 0.25) is 0 Å². The number of alkyl halides is 1. The summed E-state index contributed by atoms with van der Waals surface area (Å²) in [4.78, 5) is 10.6. The van der Waals surface area contributed by atoms with E-state index in [1.807, 2.05) is 0 Å². The maximum absolute atomic E-state index is 10.6. The van der Waals surface area contributed by atoms with Crippen LogP contribution in [-0.4, -0.2) is 15.5 Å². The molecule has 0 aromatic heterocycles. The van der Waals surface area contributed by atoms with Gasteiger partial charge in [-0.15, -0.1) is 0 Å². The van der Waals surface area contributed by atoms with Gasteiger partial charge in [0.1, 0.15) is 0 Å². The molecule has 0 heterocycles. The van der Waals surface area contributed by atoms with Crippen molar-refractivity contribution in [1.29, 1.82) is 0 Å². The zero-order chi connectivity index (χ0) is 15.4. The molecule has 114 valence electrons. The van der Waals surface area contributed by atoms with E-state index in [1.165, 1.54) is 16.7 Å². The van der Waals surface area contributed by atoms with Crippen LogP contribution in [0.1, 0.15) is 59.3 Å². The third-order valence-corrected chi connectivity index (χ3v) is 3.52. The van der Waals surface area contributed by atoms with Gasteiger partial charge in [-0.05, 0) is 52.9 Å². The second-order valence-electron chi connectivity index (χ2n) is 5.32. The van der Waals surface area contributed by atoms with Crippen molar-refractivity contribution in [3.63, 3.8) is 0 Å². The first-order valence-electron chi connectivity index (χ1n) is 7.20. The molecule has 20 heavy (non-hydrogen) atoms. The monoisotopic (exact) mass is 390 g/mol. The maximum atomic E-state index is 10.6. The Bertz CT molecular complexity index is 374. The first-order valence-corrected chi connectivity index (χ1v) is 8.73. The smallest absolute Gasteiger partial charge is 0.303 e. The second-order valence-corrected chi connectivity index (χ2v) is 6.20. The second kappa shape index (κ2) is 12.2. The van der Waals surface area contributed by atoms with Crippen LogP contribution in [0.2, 0.25) is 0 Å². The summed E-state index contributed by atoms with van der Waals surface area (Å²) in [7, 11) is 0. The van der Waals surface area contributed by atoms with Crippen LogP contribution in [0.15, 0.2) is 34.9 Å². The highest BCUT2D eigenvalue weighted by atomic mass is 127. The van der Waals surface area contributed by atoms with E-state index in [4.69, 9.17) is 5.11 Å². The molecule has 0 saturated carbocycles. The van der Waals surface area contributed by atoms with Crippen molar-refractivity contribution < 1.29 is 9.90 Å². The summed E-state index contributed by atoms with van der Waals surface area (Å²) in [6.45, 7) is 6.43. The van der Waals surface area contributed by atoms with Crippen LogP contribution < -0.4 is 0 Å². The molecule has 0 aliphatic heterocycles. The van der Waals surface area contributed by atoms with Crippen LogP contribution in [0.4, 0.5) is 0 Å². The van der Waals surface area contributed by atoms with Gasteiger partial charge in [0.25, 0.3) is 0 Å². The fourth-order valence-corrected chi connectivity index (χ4v) is 2.52. The molecular formula is C17H27IO2. The van der Waals surface area contributed by atoms with Crippen LogP contribution in [-0.2, 0) is 4.79 Å². The molecule has 0 unspecified atom stereocenters. The van der Waals surface area contributed by atoms with E-state index < -0.39 is 5.97 Å². The van der Waals surface area contributed by atoms with Gasteiger partial charge in [-0.1, -0.05) is 57.5 Å². The summed E-state index contributed by atoms with van der Waals surface area (Å²) in [6, 6.07) is 0. The molecule has 0 atom stereocenters. The normalized spacial score (nSPS) is 12.4. The van der Waals surface area contributed by atoms with Crippen LogP contribution in [0.3, 0.4) is 0 Å². The maximum Gasteiger partial charge on any atom is 0.303 e. The third kappa shape index (κ3) is 12.5. The third-order valence-electron chi connectivity index (χ3n) is 3.08. The van der Waals surface area contributed by atoms with Gasteiger partial charge in [0.05, 0.1) is 0 Å². The predicted molar refractivity (Wildman–Crippen MR) is 95.5 cm³/mol. The van der Waals surface area contributed by atoms with Gasteiger partial charge >= 0.3 is 5.97 Å². The molecule has 1 N–H and O–H groups in total. The lowest BCUT2D eigenvalue weighted by molar-refractivity contribution is -0.136. The van der Waals surface area contributed by atoms with Crippen molar-refractivity contribution >= 4 is 28.6 Å². The van der Waals surface area contributed by atoms with Crippen LogP contribution in [0.5, 0.6) is 0 Å². The molecule has 0 aliphatic rings. The van der Waals surface area contributed by atoms with E-state index in [1.54, 1.807) is 0 Å². The van der Waals surface area contributed by atoms with Crippen molar-refractivity contribution in [2.45, 2.75) is 59.3 Å². The van der Waals surface area contributed by atoms with Gasteiger partial charge < -0.3 is 5.11 Å². The highest BCUT2D eigenvalue weighted by Crippen LogP contribution is 2.16. The molecular weight excluding hydrogens is 363 g/mol. The number of hydrogen-bond acceptors (Lipinski definition) is 1. The molecule has 0 saturated heterocycles. The molecule has 0 aromatic carbocycles. The molecule has 0 radical (unpaired) electrons. The van der Waals surface area contributed by atoms with Gasteiger partial charge in [-0.2, -0.15) is 0 Å². The largest absolute Gasteiger partial charge is 0.481 e. The van der Waals surface area contributed by atoms with Gasteiger partial charge in [0, 0.05) is 10.8 Å². The molecule has 0 amide bonds. The Labute approximate surface area is 137 Å². The zero-order valence-electron chi connectivity index (χ0n) is 12.9. The summed E-state index contributed by atoms with van der Waals surface area (Å²) in [5, 5.41) is 8.74. The van der Waals surface area contributed by atoms with Crippen LogP contribution >= 0.6 is 22.6 Å². The average Bonchev–Trinajstić information content (AvgIpc) is 2.35. The minimum absolute atomic E-state index is 0.242. The van der Waals surface area contributed by atoms with E-state index >= 15 is 0 Å². The Morgan fingerprint density at radius 3 is 2.15 bits per heavy atom. The minimum atomic E-state index is -0.710. The average molecular weight is 390 g/mol. The fourth-order valence-electron chi connectivity index (χ4n) is 1.90. The van der Waals surface area contributed by atoms with Crippen molar-refractivity contribution in [1.82, 2.24) is 0 Å². The molecule has 0 aromatic rings. The predicted octanol–water partition coefficient (Wildman–Crippen LogP) is 5.69. The molecule has 0 bridgehead atoms. The summed E-state index contributed by atoms with van der Waals surface area (Å²) < 4.78 is 0.954. The fraction of sp³-hybridized carbons (Fsp3) is 0.588. The van der Waals surface area contributed by atoms with E-state index in [-0.39, 0.29) is 6.42 Å². The van der Waals surface area contributed by atoms with Crippen molar-refractivity contribution in [2.24, 2.45) is 0 Å². The van der Waals surface area contributed by atoms with Crippen molar-refractivity contribution in [3.8, 4) is 0 Å². The number of hydrogen-bond donors (Lipinski definition) is 1. The van der Waals surface area contributed by atoms with Gasteiger partial charge in [-0.3, -0.25) is 4.79 Å². The van der Waals surface area contributed by atoms with E-state index in [9.17, 15) is 4.79 Å².